The number of hydrogen-bond acceptors (Lipinski definition) is 2. The maximum atomic E-state index is 13.1. The molecule has 0 radical (unpaired) electrons. The molecule has 0 N–H and O–H groups in total. The largest absolute Gasteiger partial charge is 0.301 e. The molecule has 0 fully saturated rings. The standard InChI is InChI=1S/C13H10FN3/c1-9-15-6-4-13(16-9)17-7-5-10-8-11(14)2-3-12(10)17/h2-8H,1H3. The fraction of sp³-hybridized carbons (Fsp3) is 0.0769. The molecule has 1 aromatic carbocycles. The first-order valence-electron chi connectivity index (χ1n) is 5.31. The zero-order valence-electron chi connectivity index (χ0n) is 9.26. The first-order chi connectivity index (χ1) is 8.24. The second-order valence-corrected chi connectivity index (χ2v) is 3.85. The van der Waals surface area contributed by atoms with Crippen LogP contribution in [-0.2, 0) is 0 Å². The van der Waals surface area contributed by atoms with Gasteiger partial charge in [0.15, 0.2) is 0 Å². The van der Waals surface area contributed by atoms with Gasteiger partial charge in [-0.05, 0) is 37.3 Å². The van der Waals surface area contributed by atoms with Gasteiger partial charge < -0.3 is 4.57 Å². The summed E-state index contributed by atoms with van der Waals surface area (Å²) in [5.74, 6) is 1.28. The van der Waals surface area contributed by atoms with Crippen LogP contribution < -0.4 is 0 Å². The molecule has 2 aromatic heterocycles. The summed E-state index contributed by atoms with van der Waals surface area (Å²) in [6.07, 6.45) is 3.60. The monoisotopic (exact) mass is 227 g/mol. The molecule has 17 heavy (non-hydrogen) atoms. The lowest BCUT2D eigenvalue weighted by atomic mass is 10.2. The predicted molar refractivity (Wildman–Crippen MR) is 63.6 cm³/mol. The van der Waals surface area contributed by atoms with Gasteiger partial charge in [0.2, 0.25) is 0 Å². The van der Waals surface area contributed by atoms with E-state index in [0.29, 0.717) is 5.82 Å². The molecule has 4 heteroatoms. The van der Waals surface area contributed by atoms with E-state index in [-0.39, 0.29) is 5.82 Å². The number of nitrogens with zero attached hydrogens (tertiary/aromatic N) is 3. The van der Waals surface area contributed by atoms with Crippen LogP contribution >= 0.6 is 0 Å². The molecule has 0 aliphatic heterocycles. The molecule has 3 rings (SSSR count). The molecule has 84 valence electrons. The van der Waals surface area contributed by atoms with Crippen molar-refractivity contribution in [1.29, 1.82) is 0 Å². The minimum absolute atomic E-state index is 0.228. The number of fused-ring (bicyclic) bond motifs is 1. The number of aromatic nitrogens is 3. The van der Waals surface area contributed by atoms with Gasteiger partial charge in [0.25, 0.3) is 0 Å². The number of hydrogen-bond donors (Lipinski definition) is 0. The van der Waals surface area contributed by atoms with Crippen molar-refractivity contribution in [3.63, 3.8) is 0 Å². The highest BCUT2D eigenvalue weighted by Gasteiger charge is 2.05. The van der Waals surface area contributed by atoms with Crippen molar-refractivity contribution in [2.45, 2.75) is 6.92 Å². The smallest absolute Gasteiger partial charge is 0.140 e. The summed E-state index contributed by atoms with van der Waals surface area (Å²) in [7, 11) is 0. The Labute approximate surface area is 97.6 Å². The van der Waals surface area contributed by atoms with Gasteiger partial charge in [0.05, 0.1) is 5.52 Å². The number of aryl methyl sites for hydroxylation is 1. The molecule has 0 saturated carbocycles. The van der Waals surface area contributed by atoms with Gasteiger partial charge in [-0.1, -0.05) is 0 Å². The molecule has 0 spiro atoms. The van der Waals surface area contributed by atoms with E-state index in [4.69, 9.17) is 0 Å². The van der Waals surface area contributed by atoms with Gasteiger partial charge in [0.1, 0.15) is 17.5 Å². The third-order valence-corrected chi connectivity index (χ3v) is 2.66. The molecular formula is C13H10FN3. The van der Waals surface area contributed by atoms with E-state index in [1.165, 1.54) is 12.1 Å². The second-order valence-electron chi connectivity index (χ2n) is 3.85. The van der Waals surface area contributed by atoms with Gasteiger partial charge >= 0.3 is 0 Å². The summed E-state index contributed by atoms with van der Waals surface area (Å²) in [5.41, 5.74) is 0.935. The van der Waals surface area contributed by atoms with Gasteiger partial charge in [0, 0.05) is 17.8 Å². The normalized spacial score (nSPS) is 10.9. The summed E-state index contributed by atoms with van der Waals surface area (Å²) in [6, 6.07) is 8.42. The van der Waals surface area contributed by atoms with E-state index in [0.717, 1.165) is 16.7 Å². The minimum Gasteiger partial charge on any atom is -0.301 e. The second kappa shape index (κ2) is 3.66. The maximum Gasteiger partial charge on any atom is 0.140 e. The lowest BCUT2D eigenvalue weighted by Gasteiger charge is -2.04. The Bertz CT molecular complexity index is 688. The number of rotatable bonds is 1. The Kier molecular flexibility index (Phi) is 2.14. The van der Waals surface area contributed by atoms with Crippen LogP contribution in [0.4, 0.5) is 4.39 Å². The molecule has 0 bridgehead atoms. The molecule has 3 aromatic rings. The van der Waals surface area contributed by atoms with Crippen molar-refractivity contribution in [1.82, 2.24) is 14.5 Å². The van der Waals surface area contributed by atoms with Gasteiger partial charge in [-0.3, -0.25) is 0 Å². The van der Waals surface area contributed by atoms with Crippen molar-refractivity contribution in [2.75, 3.05) is 0 Å². The zero-order chi connectivity index (χ0) is 11.8. The zero-order valence-corrected chi connectivity index (χ0v) is 9.26. The van der Waals surface area contributed by atoms with E-state index in [1.807, 2.05) is 29.8 Å². The van der Waals surface area contributed by atoms with Crippen LogP contribution in [0, 0.1) is 12.7 Å². The van der Waals surface area contributed by atoms with E-state index >= 15 is 0 Å². The molecule has 0 atom stereocenters. The molecule has 0 amide bonds. The molecule has 0 aliphatic rings. The average Bonchev–Trinajstić information content (AvgIpc) is 2.71. The van der Waals surface area contributed by atoms with Crippen molar-refractivity contribution >= 4 is 10.9 Å². The lowest BCUT2D eigenvalue weighted by molar-refractivity contribution is 0.629. The van der Waals surface area contributed by atoms with Crippen molar-refractivity contribution in [3.8, 4) is 5.82 Å². The summed E-state index contributed by atoms with van der Waals surface area (Å²) >= 11 is 0. The Balaban J connectivity index is 2.24. The lowest BCUT2D eigenvalue weighted by Crippen LogP contribution is -1.98. The first-order valence-corrected chi connectivity index (χ1v) is 5.31. The SMILES string of the molecule is Cc1nccc(-n2ccc3cc(F)ccc32)n1. The van der Waals surface area contributed by atoms with Crippen molar-refractivity contribution in [2.24, 2.45) is 0 Å². The summed E-state index contributed by atoms with van der Waals surface area (Å²) in [6.45, 7) is 1.84. The highest BCUT2D eigenvalue weighted by atomic mass is 19.1. The molecule has 2 heterocycles. The van der Waals surface area contributed by atoms with Crippen molar-refractivity contribution < 1.29 is 4.39 Å². The Hall–Kier alpha value is -2.23. The third-order valence-electron chi connectivity index (χ3n) is 2.66. The summed E-state index contributed by atoms with van der Waals surface area (Å²) < 4.78 is 15.0. The highest BCUT2D eigenvalue weighted by Crippen LogP contribution is 2.20. The van der Waals surface area contributed by atoms with E-state index < -0.39 is 0 Å². The maximum absolute atomic E-state index is 13.1. The van der Waals surface area contributed by atoms with Crippen LogP contribution in [0.25, 0.3) is 16.7 Å². The molecule has 0 saturated heterocycles. The third kappa shape index (κ3) is 1.67. The van der Waals surface area contributed by atoms with Crippen molar-refractivity contribution in [3.05, 3.63) is 54.4 Å². The predicted octanol–water partition coefficient (Wildman–Crippen LogP) is 2.87. The average molecular weight is 227 g/mol. The van der Waals surface area contributed by atoms with Gasteiger partial charge in [-0.25, -0.2) is 14.4 Å². The summed E-state index contributed by atoms with van der Waals surface area (Å²) in [5, 5.41) is 0.862. The quantitative estimate of drug-likeness (QED) is 0.640. The van der Waals surface area contributed by atoms with Crippen LogP contribution in [0.2, 0.25) is 0 Å². The van der Waals surface area contributed by atoms with Crippen LogP contribution in [0.5, 0.6) is 0 Å². The van der Waals surface area contributed by atoms with E-state index in [2.05, 4.69) is 9.97 Å². The van der Waals surface area contributed by atoms with E-state index in [9.17, 15) is 4.39 Å². The molecular weight excluding hydrogens is 217 g/mol. The first kappa shape index (κ1) is 9.96. The van der Waals surface area contributed by atoms with Crippen LogP contribution in [-0.4, -0.2) is 14.5 Å². The van der Waals surface area contributed by atoms with Gasteiger partial charge in [-0.2, -0.15) is 0 Å². The van der Waals surface area contributed by atoms with Gasteiger partial charge in [-0.15, -0.1) is 0 Å². The number of halogens is 1. The minimum atomic E-state index is -0.228. The fourth-order valence-electron chi connectivity index (χ4n) is 1.89. The Morgan fingerprint density at radius 3 is 2.88 bits per heavy atom. The Morgan fingerprint density at radius 1 is 1.18 bits per heavy atom. The van der Waals surface area contributed by atoms with Crippen LogP contribution in [0.3, 0.4) is 0 Å². The highest BCUT2D eigenvalue weighted by molar-refractivity contribution is 5.81. The van der Waals surface area contributed by atoms with Crippen LogP contribution in [0.1, 0.15) is 5.82 Å². The number of benzene rings is 1. The molecule has 3 nitrogen and oxygen atoms in total. The summed E-state index contributed by atoms with van der Waals surface area (Å²) in [4.78, 5) is 8.41. The fourth-order valence-corrected chi connectivity index (χ4v) is 1.89. The molecule has 0 unspecified atom stereocenters. The van der Waals surface area contributed by atoms with E-state index in [1.54, 1.807) is 12.3 Å². The van der Waals surface area contributed by atoms with Crippen LogP contribution in [0.15, 0.2) is 42.7 Å². The Morgan fingerprint density at radius 2 is 2.06 bits per heavy atom. The topological polar surface area (TPSA) is 30.7 Å². The molecule has 0 aliphatic carbocycles.